The van der Waals surface area contributed by atoms with Gasteiger partial charge in [0.2, 0.25) is 5.91 Å². The first kappa shape index (κ1) is 74.7. The molecule has 2 fully saturated rings. The monoisotopic (exact) mass is 1320 g/mol. The van der Waals surface area contributed by atoms with Gasteiger partial charge in [-0.2, -0.15) is 0 Å². The highest BCUT2D eigenvalue weighted by Crippen LogP contribution is 2.38. The van der Waals surface area contributed by atoms with Crippen molar-refractivity contribution >= 4 is 70.7 Å². The summed E-state index contributed by atoms with van der Waals surface area (Å²) in [5.41, 5.74) is 7.35. The molecule has 516 valence electrons. The molecular formula is C69H92N8O18. The number of nitrogens with one attached hydrogen (secondary N) is 4. The fourth-order valence-electron chi connectivity index (χ4n) is 11.1. The van der Waals surface area contributed by atoms with Crippen molar-refractivity contribution in [3.05, 3.63) is 107 Å². The molecule has 0 unspecified atom stereocenters. The highest BCUT2D eigenvalue weighted by molar-refractivity contribution is 6.13. The molecule has 0 aliphatic carbocycles. The molecule has 6 rings (SSSR count). The van der Waals surface area contributed by atoms with E-state index in [1.165, 1.54) is 60.4 Å². The molecule has 3 aliphatic heterocycles. The van der Waals surface area contributed by atoms with Gasteiger partial charge in [-0.25, -0.2) is 14.4 Å². The molecule has 3 heterocycles. The number of aliphatic hydroxyl groups excluding tert-OH is 2. The Morgan fingerprint density at radius 1 is 0.684 bits per heavy atom. The second-order valence-corrected chi connectivity index (χ2v) is 25.1. The molecular weight excluding hydrogens is 1230 g/mol. The van der Waals surface area contributed by atoms with Crippen molar-refractivity contribution in [2.45, 2.75) is 148 Å². The quantitative estimate of drug-likeness (QED) is 0.0166. The molecule has 2 saturated heterocycles. The van der Waals surface area contributed by atoms with Gasteiger partial charge in [0.05, 0.1) is 81.3 Å². The van der Waals surface area contributed by atoms with E-state index in [4.69, 9.17) is 34.2 Å². The molecule has 0 saturated carbocycles. The minimum Gasteiger partial charge on any atom is -0.493 e. The zero-order valence-corrected chi connectivity index (χ0v) is 55.5. The van der Waals surface area contributed by atoms with Crippen LogP contribution in [0, 0.1) is 11.8 Å². The van der Waals surface area contributed by atoms with Gasteiger partial charge in [0.15, 0.2) is 28.8 Å². The Morgan fingerprint density at radius 2 is 1.20 bits per heavy atom. The molecule has 26 heteroatoms. The lowest BCUT2D eigenvalue weighted by molar-refractivity contribution is -0.137. The van der Waals surface area contributed by atoms with Crippen molar-refractivity contribution in [3.8, 4) is 23.0 Å². The summed E-state index contributed by atoms with van der Waals surface area (Å²) >= 11 is 0. The lowest BCUT2D eigenvalue weighted by Crippen LogP contribution is -2.46. The number of primary amides is 1. The van der Waals surface area contributed by atoms with E-state index < -0.39 is 65.6 Å². The number of nitrogens with two attached hydrogens (primary N) is 1. The average molecular weight is 1320 g/mol. The van der Waals surface area contributed by atoms with Gasteiger partial charge < -0.3 is 64.8 Å². The van der Waals surface area contributed by atoms with E-state index in [1.807, 2.05) is 13.8 Å². The van der Waals surface area contributed by atoms with Crippen LogP contribution >= 0.6 is 0 Å². The van der Waals surface area contributed by atoms with E-state index in [9.17, 15) is 58.2 Å². The largest absolute Gasteiger partial charge is 0.493 e. The van der Waals surface area contributed by atoms with Crippen molar-refractivity contribution in [1.82, 2.24) is 25.3 Å². The number of carbonyl (C=O) groups is 10. The number of likely N-dealkylation sites (tertiary alicyclic amines) is 2. The highest BCUT2D eigenvalue weighted by atomic mass is 16.6. The number of rotatable bonds is 36. The molecule has 0 aromatic heterocycles. The lowest BCUT2D eigenvalue weighted by atomic mass is 9.88. The number of imide groups is 1. The molecule has 9 amide bonds. The summed E-state index contributed by atoms with van der Waals surface area (Å²) in [6.45, 7) is 17.1. The van der Waals surface area contributed by atoms with Crippen molar-refractivity contribution in [3.63, 3.8) is 0 Å². The lowest BCUT2D eigenvalue weighted by Gasteiger charge is -2.25. The molecule has 26 nitrogen and oxygen atoms in total. The summed E-state index contributed by atoms with van der Waals surface area (Å²) in [6, 6.07) is 9.80. The van der Waals surface area contributed by atoms with Gasteiger partial charge in [0.25, 0.3) is 23.6 Å². The number of aliphatic hydroxyl groups is 2. The summed E-state index contributed by atoms with van der Waals surface area (Å²) in [4.78, 5) is 135. The van der Waals surface area contributed by atoms with Crippen LogP contribution in [-0.2, 0) is 46.5 Å². The number of benzene rings is 3. The normalized spacial score (nSPS) is 16.0. The second-order valence-electron chi connectivity index (χ2n) is 25.1. The Morgan fingerprint density at radius 3 is 1.69 bits per heavy atom. The van der Waals surface area contributed by atoms with Crippen molar-refractivity contribution in [2.24, 2.45) is 17.6 Å². The molecule has 3 aromatic carbocycles. The number of anilines is 2. The standard InChI is InChI=1S/C69H92N8O18/c1-42(2)50(32-49(80)17-12-10-13-26-75-61(82)23-24-62(75)83)63(84)72-53(18-16-25-71-66(70)87)56(81)31-45-19-21-46(22-20-45)41-94-67(88)73-54-35-59(57(90-8)33-51(54)64(85)76-37-43(3)29-47(76)39-78)92-27-14-11-15-28-93-60-36-55(74-68(89)95-69(5,6)7)52(34-58(60)91-9)65(86)77-38-44(4)30-48(77)40-79/h19-24,33-36,42,47-48,50,53,78-79H,3-4,10-18,25-32,37-41H2,1-2,5-9H3,(H,72,84)(H,73,88)(H,74,89)(H3,70,71,87)/t47-,48-,50-,53-/m0/s1. The van der Waals surface area contributed by atoms with Crippen LogP contribution in [0.25, 0.3) is 0 Å². The maximum atomic E-state index is 14.3. The summed E-state index contributed by atoms with van der Waals surface area (Å²) in [5.74, 6) is -2.74. The summed E-state index contributed by atoms with van der Waals surface area (Å²) in [5, 5.41) is 31.0. The number of carbonyl (C=O) groups excluding carboxylic acids is 10. The number of urea groups is 1. The fourth-order valence-corrected chi connectivity index (χ4v) is 11.1. The Kier molecular flexibility index (Phi) is 28.2. The first-order valence-corrected chi connectivity index (χ1v) is 32.0. The van der Waals surface area contributed by atoms with Crippen molar-refractivity contribution < 1.29 is 86.6 Å². The van der Waals surface area contributed by atoms with Crippen molar-refractivity contribution in [1.29, 1.82) is 0 Å². The average Bonchev–Trinajstić information content (AvgIpc) is 1.76. The van der Waals surface area contributed by atoms with Crippen LogP contribution in [-0.4, -0.2) is 175 Å². The fraction of sp³-hybridized carbons (Fsp3) is 0.507. The van der Waals surface area contributed by atoms with E-state index in [0.717, 1.165) is 16.0 Å². The zero-order valence-electron chi connectivity index (χ0n) is 55.5. The number of amides is 9. The van der Waals surface area contributed by atoms with E-state index >= 15 is 0 Å². The second kappa shape index (κ2) is 35.8. The maximum Gasteiger partial charge on any atom is 0.412 e. The highest BCUT2D eigenvalue weighted by Gasteiger charge is 2.36. The predicted octanol–water partition coefficient (Wildman–Crippen LogP) is 7.72. The van der Waals surface area contributed by atoms with E-state index in [0.29, 0.717) is 68.9 Å². The molecule has 3 aliphatic rings. The Balaban J connectivity index is 1.06. The molecule has 3 aromatic rings. The number of Topliss-reactive ketones (excluding diaryl/α,β-unsaturated/α-hetero) is 2. The van der Waals surface area contributed by atoms with Gasteiger partial charge >= 0.3 is 18.2 Å². The molecule has 0 spiro atoms. The first-order valence-electron chi connectivity index (χ1n) is 32.0. The molecule has 0 radical (unpaired) electrons. The minimum absolute atomic E-state index is 0.0283. The number of methoxy groups -OCH3 is 2. The van der Waals surface area contributed by atoms with Gasteiger partial charge in [-0.1, -0.05) is 68.8 Å². The maximum absolute atomic E-state index is 14.3. The summed E-state index contributed by atoms with van der Waals surface area (Å²) in [7, 11) is 2.83. The van der Waals surface area contributed by atoms with Gasteiger partial charge in [0, 0.05) is 75.6 Å². The Hall–Kier alpha value is -9.30. The van der Waals surface area contributed by atoms with E-state index in [1.54, 1.807) is 45.0 Å². The third-order valence-electron chi connectivity index (χ3n) is 16.2. The van der Waals surface area contributed by atoms with Crippen LogP contribution in [0.5, 0.6) is 23.0 Å². The first-order chi connectivity index (χ1) is 45.2. The number of hydrogen-bond acceptors (Lipinski definition) is 18. The number of hydrogen-bond donors (Lipinski definition) is 7. The third-order valence-corrected chi connectivity index (χ3v) is 16.2. The van der Waals surface area contributed by atoms with Crippen LogP contribution in [0.2, 0.25) is 0 Å². The molecule has 8 N–H and O–H groups in total. The van der Waals surface area contributed by atoms with Crippen LogP contribution in [0.15, 0.2) is 85.0 Å². The number of ketones is 2. The smallest absolute Gasteiger partial charge is 0.412 e. The van der Waals surface area contributed by atoms with Crippen molar-refractivity contribution in [2.75, 3.05) is 77.5 Å². The van der Waals surface area contributed by atoms with E-state index in [-0.39, 0.29) is 160 Å². The number of ether oxygens (including phenoxy) is 6. The molecule has 95 heavy (non-hydrogen) atoms. The number of nitrogens with zero attached hydrogens (tertiary/aromatic N) is 3. The topological polar surface area (TPSA) is 350 Å². The van der Waals surface area contributed by atoms with Crippen LogP contribution < -0.4 is 45.9 Å². The predicted molar refractivity (Wildman–Crippen MR) is 352 cm³/mol. The zero-order chi connectivity index (χ0) is 69.5. The number of unbranched alkanes of at least 4 members (excludes halogenated alkanes) is 4. The van der Waals surface area contributed by atoms with Gasteiger partial charge in [-0.05, 0) is 108 Å². The molecule has 0 bridgehead atoms. The third kappa shape index (κ3) is 22.4. The van der Waals surface area contributed by atoms with E-state index in [2.05, 4.69) is 34.4 Å². The summed E-state index contributed by atoms with van der Waals surface area (Å²) in [6.07, 6.45) is 5.34. The minimum atomic E-state index is -0.975. The Labute approximate surface area is 554 Å². The van der Waals surface area contributed by atoms with Gasteiger partial charge in [-0.15, -0.1) is 0 Å². The molecule has 4 atom stereocenters. The van der Waals surface area contributed by atoms with Crippen LogP contribution in [0.1, 0.15) is 144 Å². The van der Waals surface area contributed by atoms with Gasteiger partial charge in [-0.3, -0.25) is 49.1 Å². The summed E-state index contributed by atoms with van der Waals surface area (Å²) < 4.78 is 34.8. The Bertz CT molecular complexity index is 3300. The van der Waals surface area contributed by atoms with Crippen LogP contribution in [0.3, 0.4) is 0 Å². The van der Waals surface area contributed by atoms with Crippen LogP contribution in [0.4, 0.5) is 25.8 Å². The van der Waals surface area contributed by atoms with Gasteiger partial charge in [0.1, 0.15) is 18.0 Å². The SMILES string of the molecule is C=C1C[C@@H](CO)N(C(=O)c2cc(OC)c(OCCCCCOc3cc(NC(=O)OC(C)(C)C)c(C(=O)N4CC(=C)C[C@H]4CO)cc3OC)cc2NC(=O)OCc2ccc(CC(=O)[C@H](CCCNC(N)=O)NC(=O)[C@@H](CC(=O)CCCCCN3C(=O)C=CC3=O)C(C)C)cc2)C1.